The van der Waals surface area contributed by atoms with Gasteiger partial charge in [0, 0.05) is 23.9 Å². The molecule has 3 nitrogen and oxygen atoms in total. The number of benzene rings is 1. The highest BCUT2D eigenvalue weighted by Crippen LogP contribution is 2.28. The number of amidine groups is 1. The maximum Gasteiger partial charge on any atom is 0.188 e. The summed E-state index contributed by atoms with van der Waals surface area (Å²) in [5, 5.41) is 6.41. The van der Waals surface area contributed by atoms with Gasteiger partial charge < -0.3 is 5.32 Å². The van der Waals surface area contributed by atoms with E-state index < -0.39 is 0 Å². The van der Waals surface area contributed by atoms with Gasteiger partial charge in [-0.3, -0.25) is 4.99 Å². The van der Waals surface area contributed by atoms with Crippen molar-refractivity contribution in [2.75, 3.05) is 11.9 Å². The molecule has 2 aromatic rings. The van der Waals surface area contributed by atoms with Gasteiger partial charge in [-0.25, -0.2) is 4.98 Å². The number of nitrogens with one attached hydrogen (secondary N) is 1. The van der Waals surface area contributed by atoms with Gasteiger partial charge in [0.15, 0.2) is 5.13 Å². The van der Waals surface area contributed by atoms with Crippen molar-refractivity contribution in [1.82, 2.24) is 4.98 Å². The summed E-state index contributed by atoms with van der Waals surface area (Å²) in [6, 6.07) is 8.73. The number of aliphatic imine (C=N–C) groups is 1. The molecule has 4 heteroatoms. The Kier molecular flexibility index (Phi) is 4.30. The molecule has 1 N–H and O–H groups in total. The van der Waals surface area contributed by atoms with Crippen LogP contribution in [0.4, 0.5) is 5.13 Å². The molecule has 0 unspecified atom stereocenters. The zero-order chi connectivity index (χ0) is 15.6. The largest absolute Gasteiger partial charge is 0.320 e. The molecule has 1 aromatic heterocycles. The fraction of sp³-hybridized carbons (Fsp3) is 0.444. The number of hydrogen-bond acceptors (Lipinski definition) is 4. The Morgan fingerprint density at radius 3 is 2.50 bits per heavy atom. The van der Waals surface area contributed by atoms with E-state index in [1.54, 1.807) is 11.3 Å². The Morgan fingerprint density at radius 1 is 1.09 bits per heavy atom. The van der Waals surface area contributed by atoms with E-state index in [4.69, 9.17) is 4.98 Å². The van der Waals surface area contributed by atoms with Crippen LogP contribution in [0.2, 0.25) is 0 Å². The summed E-state index contributed by atoms with van der Waals surface area (Å²) in [7, 11) is 0. The van der Waals surface area contributed by atoms with Crippen LogP contribution in [-0.4, -0.2) is 17.4 Å². The molecule has 0 radical (unpaired) electrons. The first-order chi connectivity index (χ1) is 10.5. The van der Waals surface area contributed by atoms with Crippen molar-refractivity contribution in [1.29, 1.82) is 0 Å². The first kappa shape index (κ1) is 15.2. The molecule has 0 bridgehead atoms. The van der Waals surface area contributed by atoms with E-state index in [1.807, 2.05) is 0 Å². The second-order valence-corrected chi connectivity index (χ2v) is 7.63. The van der Waals surface area contributed by atoms with Gasteiger partial charge in [0.1, 0.15) is 5.84 Å². The number of hydrogen-bond donors (Lipinski definition) is 1. The minimum absolute atomic E-state index is 0.187. The van der Waals surface area contributed by atoms with Gasteiger partial charge in [-0.1, -0.05) is 45.0 Å². The smallest absolute Gasteiger partial charge is 0.188 e. The molecule has 0 amide bonds. The van der Waals surface area contributed by atoms with Crippen LogP contribution in [0, 0.1) is 0 Å². The fourth-order valence-corrected chi connectivity index (χ4v) is 3.27. The van der Waals surface area contributed by atoms with Crippen LogP contribution in [0.5, 0.6) is 0 Å². The van der Waals surface area contributed by atoms with E-state index in [2.05, 4.69) is 60.7 Å². The number of anilines is 1. The lowest BCUT2D eigenvalue weighted by molar-refractivity contribution is 0.590. The molecule has 3 rings (SSSR count). The van der Waals surface area contributed by atoms with Gasteiger partial charge in [0.2, 0.25) is 0 Å². The first-order valence-electron chi connectivity index (χ1n) is 7.89. The molecule has 0 spiro atoms. The first-order valence-corrected chi connectivity index (χ1v) is 8.77. The normalized spacial score (nSPS) is 15.5. The molecule has 22 heavy (non-hydrogen) atoms. The van der Waals surface area contributed by atoms with Gasteiger partial charge in [0.25, 0.3) is 0 Å². The van der Waals surface area contributed by atoms with Crippen LogP contribution in [-0.2, 0) is 5.41 Å². The van der Waals surface area contributed by atoms with E-state index in [0.29, 0.717) is 0 Å². The van der Waals surface area contributed by atoms with Crippen molar-refractivity contribution in [3.05, 3.63) is 35.2 Å². The predicted molar refractivity (Wildman–Crippen MR) is 96.0 cm³/mol. The summed E-state index contributed by atoms with van der Waals surface area (Å²) in [6.45, 7) is 7.64. The Balaban J connectivity index is 1.74. The number of thiazole rings is 1. The average Bonchev–Trinajstić information content (AvgIpc) is 2.96. The zero-order valence-electron chi connectivity index (χ0n) is 13.5. The summed E-state index contributed by atoms with van der Waals surface area (Å²) in [6.07, 6.45) is 3.46. The summed E-state index contributed by atoms with van der Waals surface area (Å²) in [5.41, 5.74) is 3.74. The quantitative estimate of drug-likeness (QED) is 0.837. The van der Waals surface area contributed by atoms with Crippen molar-refractivity contribution < 1.29 is 0 Å². The summed E-state index contributed by atoms with van der Waals surface area (Å²) >= 11 is 1.64. The van der Waals surface area contributed by atoms with E-state index in [0.717, 1.165) is 29.6 Å². The molecule has 1 aliphatic rings. The summed E-state index contributed by atoms with van der Waals surface area (Å²) < 4.78 is 0. The summed E-state index contributed by atoms with van der Waals surface area (Å²) in [5.74, 6) is 1.08. The van der Waals surface area contributed by atoms with Crippen LogP contribution < -0.4 is 5.32 Å². The highest BCUT2D eigenvalue weighted by atomic mass is 32.1. The highest BCUT2D eigenvalue weighted by molar-refractivity contribution is 7.14. The summed E-state index contributed by atoms with van der Waals surface area (Å²) in [4.78, 5) is 9.21. The van der Waals surface area contributed by atoms with Crippen molar-refractivity contribution in [3.8, 4) is 11.3 Å². The number of nitrogens with zero attached hydrogens (tertiary/aromatic N) is 2. The molecule has 0 fully saturated rings. The molecule has 0 saturated heterocycles. The third-order valence-electron chi connectivity index (χ3n) is 3.93. The maximum atomic E-state index is 4.69. The second kappa shape index (κ2) is 6.21. The van der Waals surface area contributed by atoms with E-state index >= 15 is 0 Å². The molecular weight excluding hydrogens is 290 g/mol. The van der Waals surface area contributed by atoms with Crippen LogP contribution in [0.1, 0.15) is 45.6 Å². The van der Waals surface area contributed by atoms with E-state index in [9.17, 15) is 0 Å². The molecule has 0 saturated carbocycles. The van der Waals surface area contributed by atoms with Crippen molar-refractivity contribution in [2.45, 2.75) is 45.4 Å². The number of aromatic nitrogens is 1. The SMILES string of the molecule is CC(C)(C)c1ccc(-c2csc(NC3=NCCCC3)n2)cc1. The van der Waals surface area contributed by atoms with Crippen LogP contribution in [0.3, 0.4) is 0 Å². The fourth-order valence-electron chi connectivity index (χ4n) is 2.53. The van der Waals surface area contributed by atoms with Crippen LogP contribution in [0.25, 0.3) is 11.3 Å². The van der Waals surface area contributed by atoms with Crippen LogP contribution in [0.15, 0.2) is 34.6 Å². The molecular formula is C18H23N3S. The third kappa shape index (κ3) is 3.55. The van der Waals surface area contributed by atoms with Gasteiger partial charge in [-0.05, 0) is 23.8 Å². The molecule has 1 aliphatic heterocycles. The third-order valence-corrected chi connectivity index (χ3v) is 4.68. The Morgan fingerprint density at radius 2 is 1.86 bits per heavy atom. The Hall–Kier alpha value is -1.68. The Labute approximate surface area is 136 Å². The molecule has 2 heterocycles. The minimum atomic E-state index is 0.187. The molecule has 116 valence electrons. The minimum Gasteiger partial charge on any atom is -0.320 e. The van der Waals surface area contributed by atoms with Crippen molar-refractivity contribution in [2.24, 2.45) is 4.99 Å². The molecule has 1 aromatic carbocycles. The number of rotatable bonds is 2. The highest BCUT2D eigenvalue weighted by Gasteiger charge is 2.14. The lowest BCUT2D eigenvalue weighted by Gasteiger charge is -2.18. The van der Waals surface area contributed by atoms with Gasteiger partial charge >= 0.3 is 0 Å². The lowest BCUT2D eigenvalue weighted by atomic mass is 9.86. The van der Waals surface area contributed by atoms with E-state index in [-0.39, 0.29) is 5.41 Å². The second-order valence-electron chi connectivity index (χ2n) is 6.78. The van der Waals surface area contributed by atoms with Crippen molar-refractivity contribution >= 4 is 22.3 Å². The van der Waals surface area contributed by atoms with E-state index in [1.165, 1.54) is 24.0 Å². The lowest BCUT2D eigenvalue weighted by Crippen LogP contribution is -2.15. The molecule has 0 atom stereocenters. The maximum absolute atomic E-state index is 4.69. The topological polar surface area (TPSA) is 37.3 Å². The van der Waals surface area contributed by atoms with Crippen LogP contribution >= 0.6 is 11.3 Å². The van der Waals surface area contributed by atoms with Gasteiger partial charge in [-0.2, -0.15) is 0 Å². The van der Waals surface area contributed by atoms with Crippen molar-refractivity contribution in [3.63, 3.8) is 0 Å². The molecule has 0 aliphatic carbocycles. The van der Waals surface area contributed by atoms with Gasteiger partial charge in [-0.15, -0.1) is 11.3 Å². The monoisotopic (exact) mass is 313 g/mol. The Bertz CT molecular complexity index is 662. The standard InChI is InChI=1S/C18H23N3S/c1-18(2,3)14-9-7-13(8-10-14)15-12-22-17(20-15)21-16-6-4-5-11-19-16/h7-10,12H,4-6,11H2,1-3H3,(H,19,20,21). The van der Waals surface area contributed by atoms with Gasteiger partial charge in [0.05, 0.1) is 5.69 Å². The predicted octanol–water partition coefficient (Wildman–Crippen LogP) is 5.10. The zero-order valence-corrected chi connectivity index (χ0v) is 14.3. The average molecular weight is 313 g/mol.